The number of nitrogens with zero attached hydrogens (tertiary/aromatic N) is 3. The monoisotopic (exact) mass is 357 g/mol. The van der Waals surface area contributed by atoms with Crippen LogP contribution in [0.3, 0.4) is 0 Å². The fourth-order valence-corrected chi connectivity index (χ4v) is 4.60. The van der Waals surface area contributed by atoms with E-state index in [9.17, 15) is 14.7 Å². The van der Waals surface area contributed by atoms with Crippen LogP contribution in [0.1, 0.15) is 43.5 Å². The molecule has 4 rings (SSSR count). The zero-order valence-electron chi connectivity index (χ0n) is 15.4. The zero-order valence-corrected chi connectivity index (χ0v) is 15.4. The largest absolute Gasteiger partial charge is 0.480 e. The first kappa shape index (κ1) is 17.5. The molecule has 1 aromatic heterocycles. The average Bonchev–Trinajstić information content (AvgIpc) is 3.39. The molecule has 0 aromatic carbocycles. The van der Waals surface area contributed by atoms with E-state index < -0.39 is 12.0 Å². The number of carbonyl (C=O) groups is 2. The van der Waals surface area contributed by atoms with E-state index in [-0.39, 0.29) is 11.3 Å². The molecule has 140 valence electrons. The number of pyridine rings is 1. The van der Waals surface area contributed by atoms with Crippen LogP contribution in [0.2, 0.25) is 0 Å². The third-order valence-electron chi connectivity index (χ3n) is 6.26. The fourth-order valence-electron chi connectivity index (χ4n) is 4.60. The van der Waals surface area contributed by atoms with Gasteiger partial charge in [-0.1, -0.05) is 6.07 Å². The molecular weight excluding hydrogens is 330 g/mol. The first-order valence-corrected chi connectivity index (χ1v) is 9.64. The van der Waals surface area contributed by atoms with Gasteiger partial charge in [0.15, 0.2) is 0 Å². The van der Waals surface area contributed by atoms with Crippen LogP contribution in [0.25, 0.3) is 0 Å². The Bertz CT molecular complexity index is 708. The molecule has 6 heteroatoms. The Morgan fingerprint density at radius 2 is 2.00 bits per heavy atom. The molecule has 1 spiro atoms. The van der Waals surface area contributed by atoms with Gasteiger partial charge in [-0.05, 0) is 56.6 Å². The minimum absolute atomic E-state index is 0.0210. The molecule has 2 saturated heterocycles. The number of carbonyl (C=O) groups excluding carboxylic acids is 1. The highest BCUT2D eigenvalue weighted by Crippen LogP contribution is 2.44. The highest BCUT2D eigenvalue weighted by atomic mass is 16.4. The predicted molar refractivity (Wildman–Crippen MR) is 96.4 cm³/mol. The highest BCUT2D eigenvalue weighted by Gasteiger charge is 2.49. The second-order valence-electron chi connectivity index (χ2n) is 8.33. The van der Waals surface area contributed by atoms with Crippen molar-refractivity contribution in [3.63, 3.8) is 0 Å². The maximum atomic E-state index is 12.3. The first-order valence-electron chi connectivity index (χ1n) is 9.64. The SMILES string of the molecule is Cc1cccc(CN2CC3(CCN(C(=O)C4CC4)CC3)C[C@@H]2C(=O)O)n1. The predicted octanol–water partition coefficient (Wildman–Crippen LogP) is 2.07. The van der Waals surface area contributed by atoms with Crippen LogP contribution in [-0.4, -0.2) is 57.4 Å². The van der Waals surface area contributed by atoms with Gasteiger partial charge >= 0.3 is 5.97 Å². The Labute approximate surface area is 154 Å². The Morgan fingerprint density at radius 3 is 2.62 bits per heavy atom. The van der Waals surface area contributed by atoms with Crippen molar-refractivity contribution < 1.29 is 14.7 Å². The summed E-state index contributed by atoms with van der Waals surface area (Å²) in [7, 11) is 0. The van der Waals surface area contributed by atoms with Crippen LogP contribution >= 0.6 is 0 Å². The van der Waals surface area contributed by atoms with Gasteiger partial charge in [-0.3, -0.25) is 19.5 Å². The van der Waals surface area contributed by atoms with Gasteiger partial charge in [-0.15, -0.1) is 0 Å². The summed E-state index contributed by atoms with van der Waals surface area (Å²) in [5.41, 5.74) is 1.90. The van der Waals surface area contributed by atoms with E-state index >= 15 is 0 Å². The minimum atomic E-state index is -0.744. The molecule has 6 nitrogen and oxygen atoms in total. The number of aliphatic carboxylic acids is 1. The summed E-state index contributed by atoms with van der Waals surface area (Å²) in [5, 5.41) is 9.72. The van der Waals surface area contributed by atoms with Crippen LogP contribution in [0.4, 0.5) is 0 Å². The molecule has 1 atom stereocenters. The minimum Gasteiger partial charge on any atom is -0.480 e. The number of amides is 1. The zero-order chi connectivity index (χ0) is 18.3. The van der Waals surface area contributed by atoms with Gasteiger partial charge < -0.3 is 10.0 Å². The normalized spacial score (nSPS) is 25.6. The summed E-state index contributed by atoms with van der Waals surface area (Å²) in [4.78, 5) is 32.7. The smallest absolute Gasteiger partial charge is 0.320 e. The van der Waals surface area contributed by atoms with Crippen molar-refractivity contribution in [2.45, 2.75) is 51.6 Å². The lowest BCUT2D eigenvalue weighted by molar-refractivity contribution is -0.142. The summed E-state index contributed by atoms with van der Waals surface area (Å²) in [5.74, 6) is -0.164. The van der Waals surface area contributed by atoms with Gasteiger partial charge in [-0.25, -0.2) is 0 Å². The molecule has 1 N–H and O–H groups in total. The third-order valence-corrected chi connectivity index (χ3v) is 6.26. The second kappa shape index (κ2) is 6.65. The number of aromatic nitrogens is 1. The molecule has 3 fully saturated rings. The number of carboxylic acids is 1. The van der Waals surface area contributed by atoms with E-state index in [0.717, 1.165) is 56.7 Å². The standard InChI is InChI=1S/C20H27N3O3/c1-14-3-2-4-16(21-14)12-23-13-20(11-17(23)19(25)26)7-9-22(10-8-20)18(24)15-5-6-15/h2-4,15,17H,5-13H2,1H3,(H,25,26)/t17-/m1/s1. The van der Waals surface area contributed by atoms with Crippen LogP contribution in [0, 0.1) is 18.3 Å². The summed E-state index contributed by atoms with van der Waals surface area (Å²) in [6.07, 6.45) is 4.58. The van der Waals surface area contributed by atoms with Gasteiger partial charge in [0.05, 0.1) is 5.69 Å². The van der Waals surface area contributed by atoms with Gasteiger partial charge in [0, 0.05) is 37.8 Å². The van der Waals surface area contributed by atoms with Crippen molar-refractivity contribution in [2.75, 3.05) is 19.6 Å². The van der Waals surface area contributed by atoms with E-state index in [0.29, 0.717) is 18.9 Å². The lowest BCUT2D eigenvalue weighted by atomic mass is 9.76. The molecule has 0 radical (unpaired) electrons. The molecule has 26 heavy (non-hydrogen) atoms. The maximum Gasteiger partial charge on any atom is 0.320 e. The van der Waals surface area contributed by atoms with Gasteiger partial charge in [-0.2, -0.15) is 0 Å². The van der Waals surface area contributed by atoms with Gasteiger partial charge in [0.1, 0.15) is 6.04 Å². The molecule has 1 saturated carbocycles. The van der Waals surface area contributed by atoms with Crippen LogP contribution in [0.5, 0.6) is 0 Å². The highest BCUT2D eigenvalue weighted by molar-refractivity contribution is 5.81. The maximum absolute atomic E-state index is 12.3. The average molecular weight is 357 g/mol. The van der Waals surface area contributed by atoms with Crippen LogP contribution in [0.15, 0.2) is 18.2 Å². The number of hydrogen-bond acceptors (Lipinski definition) is 4. The van der Waals surface area contributed by atoms with E-state index in [1.165, 1.54) is 0 Å². The van der Waals surface area contributed by atoms with E-state index in [1.807, 2.05) is 30.0 Å². The molecule has 1 amide bonds. The molecule has 3 heterocycles. The third kappa shape index (κ3) is 3.47. The van der Waals surface area contributed by atoms with Crippen LogP contribution in [-0.2, 0) is 16.1 Å². The quantitative estimate of drug-likeness (QED) is 0.893. The molecule has 2 aliphatic heterocycles. The second-order valence-corrected chi connectivity index (χ2v) is 8.33. The summed E-state index contributed by atoms with van der Waals surface area (Å²) in [6, 6.07) is 5.44. The number of carboxylic acid groups (broad SMARTS) is 1. The van der Waals surface area contributed by atoms with Crippen molar-refractivity contribution in [1.82, 2.24) is 14.8 Å². The van der Waals surface area contributed by atoms with Crippen molar-refractivity contribution in [1.29, 1.82) is 0 Å². The topological polar surface area (TPSA) is 73.7 Å². The van der Waals surface area contributed by atoms with Crippen molar-refractivity contribution in [3.05, 3.63) is 29.6 Å². The van der Waals surface area contributed by atoms with Gasteiger partial charge in [0.25, 0.3) is 0 Å². The number of rotatable bonds is 4. The molecule has 1 aliphatic carbocycles. The van der Waals surface area contributed by atoms with Crippen LogP contribution < -0.4 is 0 Å². The Morgan fingerprint density at radius 1 is 1.27 bits per heavy atom. The molecular formula is C20H27N3O3. The number of hydrogen-bond donors (Lipinski definition) is 1. The van der Waals surface area contributed by atoms with Crippen molar-refractivity contribution in [2.24, 2.45) is 11.3 Å². The lowest BCUT2D eigenvalue weighted by Crippen LogP contribution is -2.44. The van der Waals surface area contributed by atoms with Crippen molar-refractivity contribution in [3.8, 4) is 0 Å². The molecule has 1 aromatic rings. The lowest BCUT2D eigenvalue weighted by Gasteiger charge is -2.39. The van der Waals surface area contributed by atoms with E-state index in [1.54, 1.807) is 0 Å². The molecule has 3 aliphatic rings. The number of piperidine rings is 1. The van der Waals surface area contributed by atoms with E-state index in [2.05, 4.69) is 9.88 Å². The van der Waals surface area contributed by atoms with Gasteiger partial charge in [0.2, 0.25) is 5.91 Å². The molecule has 0 bridgehead atoms. The summed E-state index contributed by atoms with van der Waals surface area (Å²) in [6.45, 7) is 4.86. The van der Waals surface area contributed by atoms with Crippen molar-refractivity contribution >= 4 is 11.9 Å². The Hall–Kier alpha value is -1.95. The first-order chi connectivity index (χ1) is 12.5. The fraction of sp³-hybridized carbons (Fsp3) is 0.650. The Kier molecular flexibility index (Phi) is 4.47. The molecule has 0 unspecified atom stereocenters. The summed E-state index contributed by atoms with van der Waals surface area (Å²) < 4.78 is 0. The number of aryl methyl sites for hydroxylation is 1. The number of likely N-dealkylation sites (tertiary alicyclic amines) is 2. The Balaban J connectivity index is 1.44. The van der Waals surface area contributed by atoms with E-state index in [4.69, 9.17) is 0 Å². The summed E-state index contributed by atoms with van der Waals surface area (Å²) >= 11 is 0.